The zero-order valence-electron chi connectivity index (χ0n) is 22.0. The predicted molar refractivity (Wildman–Crippen MR) is 151 cm³/mol. The second-order valence-corrected chi connectivity index (χ2v) is 9.71. The molecule has 3 heterocycles. The Balaban J connectivity index is 0.00000400. The van der Waals surface area contributed by atoms with E-state index < -0.39 is 16.9 Å². The summed E-state index contributed by atoms with van der Waals surface area (Å²) in [5, 5.41) is 13.6. The fourth-order valence-corrected chi connectivity index (χ4v) is 4.51. The van der Waals surface area contributed by atoms with Crippen molar-refractivity contribution in [3.63, 3.8) is 0 Å². The molecule has 38 heavy (non-hydrogen) atoms. The van der Waals surface area contributed by atoms with E-state index >= 15 is 0 Å². The third kappa shape index (κ3) is 5.93. The SMILES string of the molecule is CCN1CCN(c2ccc(Nc3ncc4c(=O)c(C(N)=O)c(N)n(CC(C)(C)O)c4n3)c(OC)c2)CC1.Cl. The molecule has 0 saturated carbocycles. The molecule has 0 unspecified atom stereocenters. The molecule has 1 aliphatic rings. The molecule has 1 amide bonds. The summed E-state index contributed by atoms with van der Waals surface area (Å²) in [5.41, 5.74) is 11.2. The van der Waals surface area contributed by atoms with E-state index in [4.69, 9.17) is 16.2 Å². The van der Waals surface area contributed by atoms with E-state index in [1.165, 1.54) is 10.8 Å². The summed E-state index contributed by atoms with van der Waals surface area (Å²) in [6.45, 7) is 10.2. The van der Waals surface area contributed by atoms with Crippen molar-refractivity contribution < 1.29 is 14.6 Å². The highest BCUT2D eigenvalue weighted by molar-refractivity contribution is 6.00. The van der Waals surface area contributed by atoms with Gasteiger partial charge in [-0.25, -0.2) is 4.98 Å². The molecule has 0 spiro atoms. The summed E-state index contributed by atoms with van der Waals surface area (Å²) in [6, 6.07) is 5.86. The van der Waals surface area contributed by atoms with E-state index in [1.807, 2.05) is 18.2 Å². The number of aliphatic hydroxyl groups is 1. The molecular weight excluding hydrogens is 512 g/mol. The average Bonchev–Trinajstić information content (AvgIpc) is 2.86. The van der Waals surface area contributed by atoms with E-state index in [-0.39, 0.29) is 47.3 Å². The molecule has 12 nitrogen and oxygen atoms in total. The van der Waals surface area contributed by atoms with Gasteiger partial charge in [0.1, 0.15) is 17.1 Å². The first-order valence-corrected chi connectivity index (χ1v) is 12.2. The number of nitrogen functional groups attached to an aromatic ring is 1. The minimum absolute atomic E-state index is 0. The molecule has 0 atom stereocenters. The van der Waals surface area contributed by atoms with Gasteiger partial charge in [-0.05, 0) is 32.5 Å². The fourth-order valence-electron chi connectivity index (χ4n) is 4.51. The topological polar surface area (TPSA) is 165 Å². The first kappa shape index (κ1) is 29.0. The molecule has 0 radical (unpaired) electrons. The number of hydrogen-bond acceptors (Lipinski definition) is 10. The molecule has 1 saturated heterocycles. The summed E-state index contributed by atoms with van der Waals surface area (Å²) >= 11 is 0. The van der Waals surface area contributed by atoms with Gasteiger partial charge in [0.15, 0.2) is 5.65 Å². The van der Waals surface area contributed by atoms with Crippen LogP contribution >= 0.6 is 12.4 Å². The number of carbonyl (C=O) groups is 1. The van der Waals surface area contributed by atoms with Crippen LogP contribution in [0, 0.1) is 0 Å². The van der Waals surface area contributed by atoms with Crippen LogP contribution in [0.15, 0.2) is 29.2 Å². The third-order valence-corrected chi connectivity index (χ3v) is 6.45. The molecule has 6 N–H and O–H groups in total. The van der Waals surface area contributed by atoms with E-state index in [2.05, 4.69) is 32.0 Å². The van der Waals surface area contributed by atoms with E-state index in [9.17, 15) is 14.7 Å². The van der Waals surface area contributed by atoms with Crippen LogP contribution in [-0.2, 0) is 6.54 Å². The van der Waals surface area contributed by atoms with Gasteiger partial charge < -0.3 is 41.0 Å². The van der Waals surface area contributed by atoms with Crippen LogP contribution in [0.5, 0.6) is 5.75 Å². The van der Waals surface area contributed by atoms with Crippen LogP contribution in [0.25, 0.3) is 11.0 Å². The molecule has 206 valence electrons. The summed E-state index contributed by atoms with van der Waals surface area (Å²) < 4.78 is 7.04. The highest BCUT2D eigenvalue weighted by Gasteiger charge is 2.24. The Bertz CT molecular complexity index is 1380. The van der Waals surface area contributed by atoms with Gasteiger partial charge in [-0.3, -0.25) is 9.59 Å². The summed E-state index contributed by atoms with van der Waals surface area (Å²) in [6.07, 6.45) is 1.31. The number of piperazine rings is 1. The number of fused-ring (bicyclic) bond motifs is 1. The van der Waals surface area contributed by atoms with E-state index in [1.54, 1.807) is 21.0 Å². The molecule has 1 aromatic carbocycles. The van der Waals surface area contributed by atoms with Gasteiger partial charge in [0.25, 0.3) is 5.91 Å². The van der Waals surface area contributed by atoms with Crippen LogP contribution in [0.2, 0.25) is 0 Å². The number of nitrogens with one attached hydrogen (secondary N) is 1. The van der Waals surface area contributed by atoms with E-state index in [0.29, 0.717) is 11.4 Å². The number of benzene rings is 1. The molecule has 13 heteroatoms. The predicted octanol–water partition coefficient (Wildman–Crippen LogP) is 1.56. The zero-order chi connectivity index (χ0) is 26.9. The number of rotatable bonds is 8. The van der Waals surface area contributed by atoms with Crippen molar-refractivity contribution in [2.45, 2.75) is 32.9 Å². The maximum atomic E-state index is 12.9. The molecular formula is C25H35ClN8O4. The van der Waals surface area contributed by atoms with Crippen molar-refractivity contribution in [3.8, 4) is 5.75 Å². The normalized spacial score (nSPS) is 14.3. The van der Waals surface area contributed by atoms with Crippen LogP contribution in [0.4, 0.5) is 23.1 Å². The van der Waals surface area contributed by atoms with Gasteiger partial charge in [0.2, 0.25) is 11.4 Å². The third-order valence-electron chi connectivity index (χ3n) is 6.45. The minimum atomic E-state index is -1.22. The molecule has 2 aromatic heterocycles. The van der Waals surface area contributed by atoms with Crippen molar-refractivity contribution in [3.05, 3.63) is 40.2 Å². The molecule has 0 aliphatic carbocycles. The largest absolute Gasteiger partial charge is 0.494 e. The minimum Gasteiger partial charge on any atom is -0.494 e. The number of carbonyl (C=O) groups excluding carboxylic acids is 1. The lowest BCUT2D eigenvalue weighted by Crippen LogP contribution is -2.46. The van der Waals surface area contributed by atoms with Gasteiger partial charge in [-0.15, -0.1) is 12.4 Å². The lowest BCUT2D eigenvalue weighted by Gasteiger charge is -2.35. The number of likely N-dealkylation sites (N-methyl/N-ethyl adjacent to an activating group) is 1. The number of nitrogens with two attached hydrogens (primary N) is 2. The molecule has 3 aromatic rings. The number of anilines is 4. The monoisotopic (exact) mass is 546 g/mol. The maximum absolute atomic E-state index is 12.9. The zero-order valence-corrected chi connectivity index (χ0v) is 22.8. The van der Waals surface area contributed by atoms with Crippen LogP contribution < -0.4 is 31.8 Å². The van der Waals surface area contributed by atoms with Crippen molar-refractivity contribution >= 4 is 52.5 Å². The van der Waals surface area contributed by atoms with Gasteiger partial charge in [0.05, 0.1) is 30.3 Å². The second-order valence-electron chi connectivity index (χ2n) is 9.71. The number of hydrogen-bond donors (Lipinski definition) is 4. The quantitative estimate of drug-likeness (QED) is 0.326. The number of aromatic nitrogens is 3. The first-order chi connectivity index (χ1) is 17.5. The van der Waals surface area contributed by atoms with Crippen molar-refractivity contribution in [2.75, 3.05) is 55.8 Å². The van der Waals surface area contributed by atoms with Crippen LogP contribution in [-0.4, -0.2) is 75.9 Å². The summed E-state index contributed by atoms with van der Waals surface area (Å²) in [5.74, 6) is -0.333. The van der Waals surface area contributed by atoms with Gasteiger partial charge in [0, 0.05) is 44.1 Å². The Morgan fingerprint density at radius 1 is 1.24 bits per heavy atom. The Morgan fingerprint density at radius 3 is 2.50 bits per heavy atom. The summed E-state index contributed by atoms with van der Waals surface area (Å²) in [4.78, 5) is 38.4. The highest BCUT2D eigenvalue weighted by atomic mass is 35.5. The van der Waals surface area contributed by atoms with Gasteiger partial charge in [-0.2, -0.15) is 4.98 Å². The van der Waals surface area contributed by atoms with Crippen LogP contribution in [0.3, 0.4) is 0 Å². The Kier molecular flexibility index (Phi) is 8.70. The number of amides is 1. The molecule has 1 aliphatic heterocycles. The van der Waals surface area contributed by atoms with E-state index in [0.717, 1.165) is 38.4 Å². The Hall–Kier alpha value is -3.61. The first-order valence-electron chi connectivity index (χ1n) is 12.2. The number of methoxy groups -OCH3 is 1. The van der Waals surface area contributed by atoms with Crippen molar-refractivity contribution in [1.29, 1.82) is 0 Å². The fraction of sp³-hybridized carbons (Fsp3) is 0.440. The number of primary amides is 1. The standard InChI is InChI=1S/C25H34N8O4.ClH/c1-5-31-8-10-32(11-9-31)15-6-7-17(18(12-15)37-4)29-24-28-13-16-20(34)19(22(27)35)21(26)33(23(16)30-24)14-25(2,3)36;/h6-7,12-13,36H,5,8-11,14,26H2,1-4H3,(H2,27,35)(H,28,29,30);1H. The Morgan fingerprint density at radius 2 is 1.92 bits per heavy atom. The molecule has 1 fully saturated rings. The number of halogens is 1. The van der Waals surface area contributed by atoms with Crippen molar-refractivity contribution in [1.82, 2.24) is 19.4 Å². The Labute approximate surface area is 227 Å². The molecule has 0 bridgehead atoms. The number of pyridine rings is 1. The van der Waals surface area contributed by atoms with Gasteiger partial charge in [-0.1, -0.05) is 6.92 Å². The smallest absolute Gasteiger partial charge is 0.256 e. The maximum Gasteiger partial charge on any atom is 0.256 e. The lowest BCUT2D eigenvalue weighted by atomic mass is 10.1. The number of nitrogens with zero attached hydrogens (tertiary/aromatic N) is 5. The van der Waals surface area contributed by atoms with Crippen molar-refractivity contribution in [2.24, 2.45) is 5.73 Å². The lowest BCUT2D eigenvalue weighted by molar-refractivity contribution is 0.0629. The average molecular weight is 547 g/mol. The number of ether oxygens (including phenoxy) is 1. The summed E-state index contributed by atoms with van der Waals surface area (Å²) in [7, 11) is 1.59. The molecule has 4 rings (SSSR count). The highest BCUT2D eigenvalue weighted by Crippen LogP contribution is 2.32. The van der Waals surface area contributed by atoms with Crippen LogP contribution in [0.1, 0.15) is 31.1 Å². The van der Waals surface area contributed by atoms with Gasteiger partial charge >= 0.3 is 0 Å². The second kappa shape index (κ2) is 11.4.